The first kappa shape index (κ1) is 33.0. The van der Waals surface area contributed by atoms with E-state index in [9.17, 15) is 10.2 Å². The molecular formula is C26H38O2SiZr-2. The zero-order valence-corrected chi connectivity index (χ0v) is 22.7. The Morgan fingerprint density at radius 2 is 1.17 bits per heavy atom. The maximum atomic E-state index is 9.33. The van der Waals surface area contributed by atoms with Crippen molar-refractivity contribution in [3.05, 3.63) is 110 Å². The van der Waals surface area contributed by atoms with Gasteiger partial charge in [0.15, 0.2) is 0 Å². The van der Waals surface area contributed by atoms with Gasteiger partial charge in [0.25, 0.3) is 0 Å². The molecule has 4 heteroatoms. The molecule has 0 N–H and O–H groups in total. The molecular weight excluding hydrogens is 464 g/mol. The van der Waals surface area contributed by atoms with Gasteiger partial charge in [0.1, 0.15) is 0 Å². The Labute approximate surface area is 200 Å². The molecule has 2 rings (SSSR count). The van der Waals surface area contributed by atoms with E-state index in [1.807, 2.05) is 12.2 Å². The van der Waals surface area contributed by atoms with Gasteiger partial charge in [-0.3, -0.25) is 0 Å². The number of allylic oxidation sites excluding steroid dienone is 4. The zero-order chi connectivity index (χ0) is 23.8. The number of rotatable bonds is 6. The van der Waals surface area contributed by atoms with Gasteiger partial charge in [0.2, 0.25) is 0 Å². The van der Waals surface area contributed by atoms with Crippen LogP contribution >= 0.6 is 0 Å². The normalized spacial score (nSPS) is 8.20. The maximum absolute atomic E-state index is 9.33. The minimum absolute atomic E-state index is 0.0833. The molecule has 0 aliphatic heterocycles. The van der Waals surface area contributed by atoms with E-state index in [1.165, 1.54) is 25.0 Å². The van der Waals surface area contributed by atoms with E-state index >= 15 is 0 Å². The summed E-state index contributed by atoms with van der Waals surface area (Å²) in [5.74, 6) is -0.167. The summed E-state index contributed by atoms with van der Waals surface area (Å²) >= 11 is 1.74. The standard InChI is InChI=1S/2C9H11.2C3H6O.C2H6Si.Zr/c2*1-2-3-6-9-7-4-5-8-9;2*1-3(2)4;1-3-2;/h2*2,4-5,7-8H,1,3,6H2;2*4H,1H2,2H3;1-2H3;/q2*-1;;;;+2/p-2. The van der Waals surface area contributed by atoms with E-state index in [1.54, 1.807) is 23.3 Å². The molecule has 2 aromatic rings. The van der Waals surface area contributed by atoms with Gasteiger partial charge in [-0.2, -0.15) is 47.5 Å². The van der Waals surface area contributed by atoms with Crippen LogP contribution in [0.5, 0.6) is 0 Å². The third-order valence-electron chi connectivity index (χ3n) is 2.74. The van der Waals surface area contributed by atoms with Crippen LogP contribution in [0, 0.1) is 0 Å². The Hall–Kier alpha value is -1.64. The molecule has 0 amide bonds. The first-order chi connectivity index (χ1) is 14.1. The SMILES string of the molecule is C=C(C)[O-].C=C(C)[O-].C=CCCc1cc[cH-]c1.C=CCCc1cc[cH-]c1.C[Si](C)=[Zr+2]. The molecule has 2 nitrogen and oxygen atoms in total. The fraction of sp³-hybridized carbons (Fsp3) is 0.308. The quantitative estimate of drug-likeness (QED) is 0.224. The fourth-order valence-electron chi connectivity index (χ4n) is 1.70. The van der Waals surface area contributed by atoms with E-state index in [-0.39, 0.29) is 17.0 Å². The molecule has 0 unspecified atom stereocenters. The average Bonchev–Trinajstić information content (AvgIpc) is 3.31. The molecule has 0 radical (unpaired) electrons. The summed E-state index contributed by atoms with van der Waals surface area (Å²) in [6.45, 7) is 20.8. The molecule has 164 valence electrons. The summed E-state index contributed by atoms with van der Waals surface area (Å²) in [6, 6.07) is 16.8. The van der Waals surface area contributed by atoms with E-state index in [2.05, 4.69) is 87.9 Å². The van der Waals surface area contributed by atoms with Gasteiger partial charge in [-0.15, -0.1) is 37.8 Å². The van der Waals surface area contributed by atoms with Crippen LogP contribution in [0.3, 0.4) is 0 Å². The second-order valence-corrected chi connectivity index (χ2v) is 16.0. The van der Waals surface area contributed by atoms with Gasteiger partial charge < -0.3 is 10.2 Å². The van der Waals surface area contributed by atoms with Gasteiger partial charge >= 0.3 is 41.9 Å². The molecule has 0 spiro atoms. The van der Waals surface area contributed by atoms with Crippen LogP contribution in [0.2, 0.25) is 13.1 Å². The van der Waals surface area contributed by atoms with Crippen molar-refractivity contribution in [1.29, 1.82) is 0 Å². The third-order valence-corrected chi connectivity index (χ3v) is 2.74. The summed E-state index contributed by atoms with van der Waals surface area (Å²) in [5, 5.41) is 18.7. The van der Waals surface area contributed by atoms with Gasteiger partial charge in [-0.1, -0.05) is 38.8 Å². The van der Waals surface area contributed by atoms with Crippen LogP contribution in [0.15, 0.2) is 98.5 Å². The molecule has 0 aliphatic rings. The molecule has 0 atom stereocenters. The second kappa shape index (κ2) is 25.4. The summed E-state index contributed by atoms with van der Waals surface area (Å²) in [7, 11) is 0. The van der Waals surface area contributed by atoms with Crippen LogP contribution in [0.25, 0.3) is 0 Å². The summed E-state index contributed by atoms with van der Waals surface area (Å²) in [5.41, 5.74) is 3.03. The number of aryl methyl sites for hydroxylation is 2. The van der Waals surface area contributed by atoms with E-state index < -0.39 is 0 Å². The zero-order valence-electron chi connectivity index (χ0n) is 19.2. The van der Waals surface area contributed by atoms with Crippen LogP contribution in [-0.4, -0.2) is 5.43 Å². The average molecular weight is 502 g/mol. The van der Waals surface area contributed by atoms with Crippen molar-refractivity contribution in [2.24, 2.45) is 0 Å². The number of hydrogen-bond donors (Lipinski definition) is 0. The third kappa shape index (κ3) is 40.9. The van der Waals surface area contributed by atoms with Crippen LogP contribution in [0.4, 0.5) is 0 Å². The fourth-order valence-corrected chi connectivity index (χ4v) is 1.70. The van der Waals surface area contributed by atoms with Gasteiger partial charge in [0, 0.05) is 0 Å². The molecule has 0 saturated carbocycles. The molecule has 2 aromatic carbocycles. The predicted molar refractivity (Wildman–Crippen MR) is 128 cm³/mol. The van der Waals surface area contributed by atoms with Crippen LogP contribution in [-0.2, 0) is 36.2 Å². The molecule has 0 aromatic heterocycles. The first-order valence-electron chi connectivity index (χ1n) is 9.86. The van der Waals surface area contributed by atoms with Crippen molar-refractivity contribution in [3.8, 4) is 0 Å². The predicted octanol–water partition coefficient (Wildman–Crippen LogP) is 5.59. The van der Waals surface area contributed by atoms with Crippen molar-refractivity contribution in [2.45, 2.75) is 52.6 Å². The molecule has 30 heavy (non-hydrogen) atoms. The Morgan fingerprint density at radius 3 is 1.33 bits per heavy atom. The van der Waals surface area contributed by atoms with Gasteiger partial charge in [-0.25, -0.2) is 12.1 Å². The Bertz CT molecular complexity index is 585. The topological polar surface area (TPSA) is 46.1 Å². The Morgan fingerprint density at radius 1 is 0.900 bits per heavy atom. The molecule has 0 aliphatic carbocycles. The molecule has 0 fully saturated rings. The Kier molecular flexibility index (Phi) is 27.9. The van der Waals surface area contributed by atoms with E-state index in [0.717, 1.165) is 25.7 Å². The van der Waals surface area contributed by atoms with Crippen molar-refractivity contribution in [3.63, 3.8) is 0 Å². The summed E-state index contributed by atoms with van der Waals surface area (Å²) in [4.78, 5) is 0. The molecule has 0 saturated heterocycles. The first-order valence-corrected chi connectivity index (χ1v) is 16.0. The second-order valence-electron chi connectivity index (χ2n) is 6.65. The minimum atomic E-state index is -0.0833. The molecule has 0 heterocycles. The monoisotopic (exact) mass is 500 g/mol. The van der Waals surface area contributed by atoms with E-state index in [0.29, 0.717) is 0 Å². The van der Waals surface area contributed by atoms with Crippen molar-refractivity contribution < 1.29 is 33.5 Å². The van der Waals surface area contributed by atoms with Crippen molar-refractivity contribution >= 4 is 5.43 Å². The van der Waals surface area contributed by atoms with Crippen molar-refractivity contribution in [2.75, 3.05) is 0 Å². The Balaban J connectivity index is -0.000000325. The van der Waals surface area contributed by atoms with E-state index in [4.69, 9.17) is 0 Å². The van der Waals surface area contributed by atoms with Crippen molar-refractivity contribution in [1.82, 2.24) is 0 Å². The van der Waals surface area contributed by atoms with Crippen LogP contribution in [0.1, 0.15) is 37.8 Å². The van der Waals surface area contributed by atoms with Gasteiger partial charge in [-0.05, 0) is 12.8 Å². The van der Waals surface area contributed by atoms with Crippen LogP contribution < -0.4 is 10.2 Å². The van der Waals surface area contributed by atoms with Gasteiger partial charge in [0.05, 0.1) is 0 Å². The number of hydrogen-bond acceptors (Lipinski definition) is 2. The molecule has 0 bridgehead atoms. The summed E-state index contributed by atoms with van der Waals surface area (Å²) < 4.78 is 0. The summed E-state index contributed by atoms with van der Waals surface area (Å²) in [6.07, 6.45) is 8.35.